The highest BCUT2D eigenvalue weighted by atomic mass is 79.9. The summed E-state index contributed by atoms with van der Waals surface area (Å²) in [7, 11) is 0. The molecule has 0 amide bonds. The van der Waals surface area contributed by atoms with Crippen molar-refractivity contribution in [3.8, 4) is 11.3 Å². The number of halogens is 3. The van der Waals surface area contributed by atoms with Gasteiger partial charge in [-0.1, -0.05) is 29.3 Å². The summed E-state index contributed by atoms with van der Waals surface area (Å²) >= 11 is 11.9. The molecule has 0 unspecified atom stereocenters. The summed E-state index contributed by atoms with van der Waals surface area (Å²) in [6, 6.07) is 5.62. The lowest BCUT2D eigenvalue weighted by molar-refractivity contribution is -0.00000311. The lowest BCUT2D eigenvalue weighted by Gasteiger charge is -1.99. The Hall–Kier alpha value is -0.510. The molecule has 1 aromatic carbocycles. The van der Waals surface area contributed by atoms with Gasteiger partial charge in [0.25, 0.3) is 0 Å². The van der Waals surface area contributed by atoms with Crippen LogP contribution in [0.3, 0.4) is 0 Å². The van der Waals surface area contributed by atoms with Crippen LogP contribution in [0.5, 0.6) is 0 Å². The molecule has 3 rings (SSSR count). The molecule has 0 bridgehead atoms. The zero-order valence-corrected chi connectivity index (χ0v) is 12.1. The predicted octanol–water partition coefficient (Wildman–Crippen LogP) is 0.807. The zero-order chi connectivity index (χ0) is 11.1. The van der Waals surface area contributed by atoms with E-state index in [4.69, 9.17) is 23.2 Å². The molecule has 0 radical (unpaired) electrons. The molecule has 17 heavy (non-hydrogen) atoms. The Bertz CT molecular complexity index is 530. The van der Waals surface area contributed by atoms with E-state index in [1.807, 2.05) is 18.2 Å². The van der Waals surface area contributed by atoms with Gasteiger partial charge in [-0.2, -0.15) is 0 Å². The van der Waals surface area contributed by atoms with E-state index in [-0.39, 0.29) is 17.0 Å². The molecule has 0 atom stereocenters. The third kappa shape index (κ3) is 2.37. The molecule has 0 aliphatic carbocycles. The number of hydrogen-bond acceptors (Lipinski definition) is 1. The second kappa shape index (κ2) is 5.01. The van der Waals surface area contributed by atoms with E-state index in [0.29, 0.717) is 10.0 Å². The van der Waals surface area contributed by atoms with E-state index in [0.717, 1.165) is 24.2 Å². The van der Waals surface area contributed by atoms with Gasteiger partial charge in [0.15, 0.2) is 0 Å². The van der Waals surface area contributed by atoms with Crippen molar-refractivity contribution in [1.29, 1.82) is 0 Å². The molecule has 1 aromatic heterocycles. The van der Waals surface area contributed by atoms with Gasteiger partial charge in [-0.15, -0.1) is 0 Å². The molecule has 90 valence electrons. The maximum atomic E-state index is 5.99. The quantitative estimate of drug-likeness (QED) is 0.755. The van der Waals surface area contributed by atoms with Crippen molar-refractivity contribution in [2.75, 3.05) is 0 Å². The average molecular weight is 333 g/mol. The number of fused-ring (bicyclic) bond motifs is 1. The summed E-state index contributed by atoms with van der Waals surface area (Å²) < 4.78 is 2.21. The van der Waals surface area contributed by atoms with Gasteiger partial charge in [0.1, 0.15) is 5.82 Å². The van der Waals surface area contributed by atoms with E-state index in [1.54, 1.807) is 0 Å². The first kappa shape index (κ1) is 12.9. The van der Waals surface area contributed by atoms with Gasteiger partial charge >= 0.3 is 0 Å². The Morgan fingerprint density at radius 3 is 2.71 bits per heavy atom. The van der Waals surface area contributed by atoms with Crippen molar-refractivity contribution < 1.29 is 17.0 Å². The number of imidazole rings is 1. The van der Waals surface area contributed by atoms with Gasteiger partial charge in [0.05, 0.1) is 15.7 Å². The molecular formula is C12H10BrCl2N2-. The minimum atomic E-state index is 0. The van der Waals surface area contributed by atoms with Crippen molar-refractivity contribution in [2.24, 2.45) is 0 Å². The Kier molecular flexibility index (Phi) is 3.81. The highest BCUT2D eigenvalue weighted by Gasteiger charge is 2.14. The standard InChI is InChI=1S/C12H10Cl2N2.BrH/c13-9-4-3-8(6-10(9)14)11-7-16-5-1-2-12(16)15-11;/h3-4,6-7H,1-2,5H2;1H/p-1. The van der Waals surface area contributed by atoms with Gasteiger partial charge in [0, 0.05) is 24.7 Å². The fraction of sp³-hybridized carbons (Fsp3) is 0.250. The first-order chi connectivity index (χ1) is 7.74. The van der Waals surface area contributed by atoms with Gasteiger partial charge in [-0.05, 0) is 18.6 Å². The van der Waals surface area contributed by atoms with Crippen LogP contribution >= 0.6 is 23.2 Å². The smallest absolute Gasteiger partial charge is 0.109 e. The third-order valence-electron chi connectivity index (χ3n) is 2.87. The Morgan fingerprint density at radius 2 is 2.00 bits per heavy atom. The first-order valence-electron chi connectivity index (χ1n) is 5.25. The summed E-state index contributed by atoms with van der Waals surface area (Å²) in [5.74, 6) is 1.17. The number of nitrogens with zero attached hydrogens (tertiary/aromatic N) is 2. The molecule has 0 N–H and O–H groups in total. The zero-order valence-electron chi connectivity index (χ0n) is 8.96. The molecule has 2 heterocycles. The van der Waals surface area contributed by atoms with Gasteiger partial charge in [-0.3, -0.25) is 0 Å². The second-order valence-corrected chi connectivity index (χ2v) is 4.78. The van der Waals surface area contributed by atoms with E-state index in [9.17, 15) is 0 Å². The van der Waals surface area contributed by atoms with Crippen LogP contribution in [-0.2, 0) is 13.0 Å². The summed E-state index contributed by atoms with van der Waals surface area (Å²) in [6.07, 6.45) is 4.35. The second-order valence-electron chi connectivity index (χ2n) is 3.97. The predicted molar refractivity (Wildman–Crippen MR) is 66.0 cm³/mol. The molecule has 0 spiro atoms. The van der Waals surface area contributed by atoms with Crippen molar-refractivity contribution in [3.05, 3.63) is 40.3 Å². The largest absolute Gasteiger partial charge is 1.00 e. The molecule has 0 saturated carbocycles. The summed E-state index contributed by atoms with van der Waals surface area (Å²) in [4.78, 5) is 4.59. The molecule has 2 nitrogen and oxygen atoms in total. The van der Waals surface area contributed by atoms with E-state index in [2.05, 4.69) is 15.7 Å². The topological polar surface area (TPSA) is 17.8 Å². The average Bonchev–Trinajstić information content (AvgIpc) is 2.81. The highest BCUT2D eigenvalue weighted by molar-refractivity contribution is 6.42. The number of rotatable bonds is 1. The minimum Gasteiger partial charge on any atom is -1.00 e. The monoisotopic (exact) mass is 331 g/mol. The van der Waals surface area contributed by atoms with Crippen LogP contribution in [0.25, 0.3) is 11.3 Å². The highest BCUT2D eigenvalue weighted by Crippen LogP contribution is 2.29. The molecule has 1 aliphatic heterocycles. The molecule has 5 heteroatoms. The fourth-order valence-electron chi connectivity index (χ4n) is 2.05. The normalized spacial score (nSPS) is 13.3. The Balaban J connectivity index is 0.00000108. The van der Waals surface area contributed by atoms with E-state index in [1.165, 1.54) is 12.2 Å². The SMILES string of the molecule is Clc1ccc(-c2cn3c(n2)CCC3)cc1Cl.[Br-]. The van der Waals surface area contributed by atoms with Crippen LogP contribution in [0.15, 0.2) is 24.4 Å². The third-order valence-corrected chi connectivity index (χ3v) is 3.61. The Morgan fingerprint density at radius 1 is 1.18 bits per heavy atom. The molecular weight excluding hydrogens is 323 g/mol. The van der Waals surface area contributed by atoms with Crippen molar-refractivity contribution in [3.63, 3.8) is 0 Å². The molecule has 2 aromatic rings. The number of aromatic nitrogens is 2. The number of benzene rings is 1. The molecule has 1 aliphatic rings. The molecule has 0 fully saturated rings. The molecule has 0 saturated heterocycles. The lowest BCUT2D eigenvalue weighted by atomic mass is 10.2. The van der Waals surface area contributed by atoms with Gasteiger partial charge < -0.3 is 21.5 Å². The van der Waals surface area contributed by atoms with Gasteiger partial charge in [-0.25, -0.2) is 4.98 Å². The van der Waals surface area contributed by atoms with Gasteiger partial charge in [0.2, 0.25) is 0 Å². The summed E-state index contributed by atoms with van der Waals surface area (Å²) in [6.45, 7) is 1.07. The van der Waals surface area contributed by atoms with E-state index < -0.39 is 0 Å². The first-order valence-corrected chi connectivity index (χ1v) is 6.01. The van der Waals surface area contributed by atoms with Crippen molar-refractivity contribution >= 4 is 23.2 Å². The van der Waals surface area contributed by atoms with Crippen LogP contribution in [0, 0.1) is 0 Å². The van der Waals surface area contributed by atoms with Crippen LogP contribution in [-0.4, -0.2) is 9.55 Å². The summed E-state index contributed by atoms with van der Waals surface area (Å²) in [5.41, 5.74) is 2.00. The number of hydrogen-bond donors (Lipinski definition) is 0. The van der Waals surface area contributed by atoms with Crippen LogP contribution in [0.1, 0.15) is 12.2 Å². The van der Waals surface area contributed by atoms with Crippen molar-refractivity contribution in [2.45, 2.75) is 19.4 Å². The van der Waals surface area contributed by atoms with Crippen molar-refractivity contribution in [1.82, 2.24) is 9.55 Å². The van der Waals surface area contributed by atoms with E-state index >= 15 is 0 Å². The van der Waals surface area contributed by atoms with Crippen LogP contribution in [0.2, 0.25) is 10.0 Å². The maximum absolute atomic E-state index is 5.99. The number of aryl methyl sites for hydroxylation is 2. The lowest BCUT2D eigenvalue weighted by Crippen LogP contribution is -3.00. The fourth-order valence-corrected chi connectivity index (χ4v) is 2.35. The summed E-state index contributed by atoms with van der Waals surface area (Å²) in [5, 5.41) is 1.16. The Labute approximate surface area is 120 Å². The maximum Gasteiger partial charge on any atom is 0.109 e. The van der Waals surface area contributed by atoms with Crippen LogP contribution in [0.4, 0.5) is 0 Å². The minimum absolute atomic E-state index is 0. The van der Waals surface area contributed by atoms with Crippen LogP contribution < -0.4 is 17.0 Å².